The molecule has 1 fully saturated rings. The van der Waals surface area contributed by atoms with Crippen LogP contribution >= 0.6 is 25.6 Å². The number of halogens is 1. The standard InChI is InChI=1S/C23H21O2P.BrH/c1-2-5-18-15-20-19(14-17(18)4-1)9-8-16-6-3-7-21(23(16)20)26-13-10-22-24-11-12-25-22;/h1-9,14-15,22,26H,10-13H2;1H. The number of fused-ring (bicyclic) bond motifs is 4. The molecular weight excluding hydrogens is 419 g/mol. The number of rotatable bonds is 4. The van der Waals surface area contributed by atoms with Gasteiger partial charge in [-0.2, -0.15) is 0 Å². The third kappa shape index (κ3) is 3.75. The van der Waals surface area contributed by atoms with Gasteiger partial charge in [-0.05, 0) is 55.9 Å². The van der Waals surface area contributed by atoms with E-state index in [2.05, 4.69) is 66.7 Å². The highest BCUT2D eigenvalue weighted by Gasteiger charge is 2.15. The van der Waals surface area contributed by atoms with Gasteiger partial charge in [-0.25, -0.2) is 0 Å². The molecule has 0 saturated carbocycles. The molecule has 0 N–H and O–H groups in total. The van der Waals surface area contributed by atoms with Gasteiger partial charge in [-0.3, -0.25) is 0 Å². The molecule has 4 heteroatoms. The van der Waals surface area contributed by atoms with Gasteiger partial charge in [-0.1, -0.05) is 63.2 Å². The summed E-state index contributed by atoms with van der Waals surface area (Å²) in [4.78, 5) is 0. The summed E-state index contributed by atoms with van der Waals surface area (Å²) in [6, 6.07) is 24.5. The van der Waals surface area contributed by atoms with Gasteiger partial charge < -0.3 is 9.47 Å². The van der Waals surface area contributed by atoms with Crippen molar-refractivity contribution in [2.75, 3.05) is 19.4 Å². The predicted octanol–water partition coefficient (Wildman–Crippen LogP) is 5.79. The van der Waals surface area contributed by atoms with Gasteiger partial charge in [0.25, 0.3) is 0 Å². The van der Waals surface area contributed by atoms with Crippen LogP contribution in [0.3, 0.4) is 0 Å². The average molecular weight is 441 g/mol. The predicted molar refractivity (Wildman–Crippen MR) is 122 cm³/mol. The monoisotopic (exact) mass is 440 g/mol. The van der Waals surface area contributed by atoms with Gasteiger partial charge in [0.2, 0.25) is 0 Å². The largest absolute Gasteiger partial charge is 0.350 e. The van der Waals surface area contributed by atoms with Crippen LogP contribution in [0.5, 0.6) is 0 Å². The second-order valence-corrected chi connectivity index (χ2v) is 8.17. The van der Waals surface area contributed by atoms with E-state index in [-0.39, 0.29) is 23.3 Å². The first-order valence-corrected chi connectivity index (χ1v) is 10.4. The van der Waals surface area contributed by atoms with Gasteiger partial charge in [0, 0.05) is 6.42 Å². The molecule has 1 aliphatic rings. The van der Waals surface area contributed by atoms with Gasteiger partial charge in [0.15, 0.2) is 6.29 Å². The van der Waals surface area contributed by atoms with Crippen molar-refractivity contribution in [2.45, 2.75) is 12.7 Å². The van der Waals surface area contributed by atoms with Crippen LogP contribution in [0, 0.1) is 0 Å². The molecule has 4 aromatic rings. The topological polar surface area (TPSA) is 18.5 Å². The molecule has 1 heterocycles. The van der Waals surface area contributed by atoms with E-state index in [1.807, 2.05) is 0 Å². The van der Waals surface area contributed by atoms with Crippen LogP contribution < -0.4 is 5.30 Å². The zero-order valence-electron chi connectivity index (χ0n) is 15.0. The number of hydrogen-bond donors (Lipinski definition) is 0. The summed E-state index contributed by atoms with van der Waals surface area (Å²) in [6.45, 7) is 1.47. The van der Waals surface area contributed by atoms with Gasteiger partial charge in [-0.15, -0.1) is 17.0 Å². The van der Waals surface area contributed by atoms with Crippen LogP contribution in [-0.2, 0) is 9.47 Å². The molecule has 0 radical (unpaired) electrons. The van der Waals surface area contributed by atoms with Crippen LogP contribution in [0.15, 0.2) is 66.7 Å². The molecule has 4 aromatic carbocycles. The van der Waals surface area contributed by atoms with E-state index in [9.17, 15) is 0 Å². The summed E-state index contributed by atoms with van der Waals surface area (Å²) < 4.78 is 11.2. The third-order valence-electron chi connectivity index (χ3n) is 5.11. The number of benzene rings is 4. The Balaban J connectivity index is 0.00000180. The Labute approximate surface area is 171 Å². The average Bonchev–Trinajstić information content (AvgIpc) is 3.20. The number of hydrogen-bond acceptors (Lipinski definition) is 2. The van der Waals surface area contributed by atoms with E-state index >= 15 is 0 Å². The maximum Gasteiger partial charge on any atom is 0.158 e. The Morgan fingerprint density at radius 2 is 1.48 bits per heavy atom. The molecule has 1 saturated heterocycles. The molecule has 0 bridgehead atoms. The summed E-state index contributed by atoms with van der Waals surface area (Å²) in [7, 11) is 0.765. The van der Waals surface area contributed by atoms with Crippen molar-refractivity contribution in [3.05, 3.63) is 66.7 Å². The smallest absolute Gasteiger partial charge is 0.158 e. The van der Waals surface area contributed by atoms with E-state index in [0.717, 1.165) is 34.4 Å². The summed E-state index contributed by atoms with van der Waals surface area (Å²) in [6.07, 6.45) is 2.08. The SMILES string of the molecule is Br.c1ccc2cc3c(ccc4cccc(PCCC5OCCO5)c43)cc2c1. The van der Waals surface area contributed by atoms with Crippen molar-refractivity contribution in [1.29, 1.82) is 0 Å². The van der Waals surface area contributed by atoms with Crippen molar-refractivity contribution in [3.63, 3.8) is 0 Å². The van der Waals surface area contributed by atoms with Crippen molar-refractivity contribution in [2.24, 2.45) is 0 Å². The summed E-state index contributed by atoms with van der Waals surface area (Å²) in [5.41, 5.74) is 0. The normalized spacial score (nSPS) is 15.3. The Bertz CT molecular complexity index is 1090. The molecule has 27 heavy (non-hydrogen) atoms. The van der Waals surface area contributed by atoms with Crippen LogP contribution in [0.4, 0.5) is 0 Å². The zero-order chi connectivity index (χ0) is 17.3. The van der Waals surface area contributed by atoms with E-state index in [4.69, 9.17) is 9.47 Å². The van der Waals surface area contributed by atoms with Crippen LogP contribution in [0.2, 0.25) is 0 Å². The highest BCUT2D eigenvalue weighted by Crippen LogP contribution is 2.31. The minimum atomic E-state index is -0.00170. The second kappa shape index (κ2) is 8.24. The Morgan fingerprint density at radius 3 is 2.30 bits per heavy atom. The van der Waals surface area contributed by atoms with E-state index in [1.165, 1.54) is 37.6 Å². The molecule has 2 nitrogen and oxygen atoms in total. The highest BCUT2D eigenvalue weighted by atomic mass is 79.9. The quantitative estimate of drug-likeness (QED) is 0.227. The molecule has 1 unspecified atom stereocenters. The maximum absolute atomic E-state index is 5.58. The fourth-order valence-corrected chi connectivity index (χ4v) is 5.17. The summed E-state index contributed by atoms with van der Waals surface area (Å²) >= 11 is 0. The molecule has 1 atom stereocenters. The molecule has 0 aromatic heterocycles. The first-order chi connectivity index (χ1) is 12.9. The Morgan fingerprint density at radius 1 is 0.778 bits per heavy atom. The lowest BCUT2D eigenvalue weighted by atomic mass is 9.98. The molecular formula is C23H22BrO2P. The van der Waals surface area contributed by atoms with Crippen molar-refractivity contribution >= 4 is 63.2 Å². The lowest BCUT2D eigenvalue weighted by Gasteiger charge is -2.13. The minimum Gasteiger partial charge on any atom is -0.350 e. The van der Waals surface area contributed by atoms with Gasteiger partial charge in [0.05, 0.1) is 13.2 Å². The molecule has 1 aliphatic heterocycles. The molecule has 138 valence electrons. The first-order valence-electron chi connectivity index (χ1n) is 9.20. The zero-order valence-corrected chi connectivity index (χ0v) is 17.7. The van der Waals surface area contributed by atoms with Crippen molar-refractivity contribution in [1.82, 2.24) is 0 Å². The van der Waals surface area contributed by atoms with E-state index in [0.29, 0.717) is 0 Å². The summed E-state index contributed by atoms with van der Waals surface area (Å²) in [5.74, 6) is 0. The van der Waals surface area contributed by atoms with Gasteiger partial charge >= 0.3 is 0 Å². The van der Waals surface area contributed by atoms with Crippen LogP contribution in [0.25, 0.3) is 32.3 Å². The Kier molecular flexibility index (Phi) is 5.75. The Hall–Kier alpha value is -1.51. The molecule has 5 rings (SSSR count). The third-order valence-corrected chi connectivity index (χ3v) is 6.45. The molecule has 0 spiro atoms. The fourth-order valence-electron chi connectivity index (χ4n) is 3.85. The first kappa shape index (κ1) is 18.8. The molecule has 0 aliphatic carbocycles. The second-order valence-electron chi connectivity index (χ2n) is 6.78. The van der Waals surface area contributed by atoms with E-state index in [1.54, 1.807) is 0 Å². The number of ether oxygens (including phenoxy) is 2. The van der Waals surface area contributed by atoms with Crippen molar-refractivity contribution in [3.8, 4) is 0 Å². The van der Waals surface area contributed by atoms with Gasteiger partial charge in [0.1, 0.15) is 0 Å². The summed E-state index contributed by atoms with van der Waals surface area (Å²) in [5, 5.41) is 9.46. The van der Waals surface area contributed by atoms with Crippen LogP contribution in [0.1, 0.15) is 6.42 Å². The minimum absolute atomic E-state index is 0. The lowest BCUT2D eigenvalue weighted by molar-refractivity contribution is -0.0422. The highest BCUT2D eigenvalue weighted by molar-refractivity contribution is 8.93. The molecule has 0 amide bonds. The fraction of sp³-hybridized carbons (Fsp3) is 0.217. The van der Waals surface area contributed by atoms with E-state index < -0.39 is 0 Å². The maximum atomic E-state index is 5.58. The van der Waals surface area contributed by atoms with Crippen molar-refractivity contribution < 1.29 is 9.47 Å². The van der Waals surface area contributed by atoms with Crippen LogP contribution in [-0.4, -0.2) is 25.7 Å². The lowest BCUT2D eigenvalue weighted by Crippen LogP contribution is -2.09.